The number of carbonyl (C=O) groups is 1. The van der Waals surface area contributed by atoms with Gasteiger partial charge in [0.05, 0.1) is 0 Å². The third-order valence-corrected chi connectivity index (χ3v) is 4.56. The number of thioether (sulfide) groups is 1. The lowest BCUT2D eigenvalue weighted by Gasteiger charge is -2.20. The molecule has 2 rings (SSSR count). The summed E-state index contributed by atoms with van der Waals surface area (Å²) in [5.41, 5.74) is 1.86. The fraction of sp³-hybridized carbons (Fsp3) is 0.235. The second-order valence-corrected chi connectivity index (χ2v) is 6.33. The second-order valence-electron chi connectivity index (χ2n) is 5.04. The molecule has 0 radical (unpaired) electrons. The highest BCUT2D eigenvalue weighted by Gasteiger charge is 2.17. The van der Waals surface area contributed by atoms with E-state index in [1.807, 2.05) is 31.4 Å². The molecule has 116 valence electrons. The van der Waals surface area contributed by atoms with Crippen LogP contribution in [0.2, 0.25) is 5.02 Å². The predicted molar refractivity (Wildman–Crippen MR) is 90.2 cm³/mol. The first-order chi connectivity index (χ1) is 10.4. The average Bonchev–Trinajstić information content (AvgIpc) is 2.50. The van der Waals surface area contributed by atoms with Gasteiger partial charge in [-0.15, -0.1) is 11.8 Å². The molecule has 0 atom stereocenters. The summed E-state index contributed by atoms with van der Waals surface area (Å²) in [6, 6.07) is 10.3. The molecule has 0 saturated heterocycles. The summed E-state index contributed by atoms with van der Waals surface area (Å²) >= 11 is 7.60. The molecular formula is C17H17ClFNOS. The third kappa shape index (κ3) is 3.62. The van der Waals surface area contributed by atoms with Crippen LogP contribution in [0.4, 0.5) is 4.39 Å². The van der Waals surface area contributed by atoms with Gasteiger partial charge in [0, 0.05) is 34.6 Å². The van der Waals surface area contributed by atoms with E-state index in [-0.39, 0.29) is 12.5 Å². The van der Waals surface area contributed by atoms with Gasteiger partial charge in [0.1, 0.15) is 5.82 Å². The number of hydrogen-bond acceptors (Lipinski definition) is 2. The molecule has 0 aliphatic rings. The first kappa shape index (κ1) is 16.8. The lowest BCUT2D eigenvalue weighted by atomic mass is 10.1. The summed E-state index contributed by atoms with van der Waals surface area (Å²) < 4.78 is 13.8. The first-order valence-electron chi connectivity index (χ1n) is 6.77. The van der Waals surface area contributed by atoms with E-state index in [0.717, 1.165) is 10.5 Å². The molecule has 2 aromatic carbocycles. The molecule has 0 aliphatic carbocycles. The highest BCUT2D eigenvalue weighted by molar-refractivity contribution is 7.98. The molecule has 0 aromatic heterocycles. The minimum absolute atomic E-state index is 0.132. The number of hydrogen-bond donors (Lipinski definition) is 0. The molecule has 5 heteroatoms. The number of nitrogens with zero attached hydrogens (tertiary/aromatic N) is 1. The van der Waals surface area contributed by atoms with Gasteiger partial charge in [-0.2, -0.15) is 0 Å². The Morgan fingerprint density at radius 3 is 2.68 bits per heavy atom. The summed E-state index contributed by atoms with van der Waals surface area (Å²) in [5, 5.41) is 0.328. The highest BCUT2D eigenvalue weighted by atomic mass is 35.5. The number of amides is 1. The van der Waals surface area contributed by atoms with Crippen LogP contribution < -0.4 is 0 Å². The number of halogens is 2. The summed E-state index contributed by atoms with van der Waals surface area (Å²) in [5.74, 6) is -0.547. The van der Waals surface area contributed by atoms with Gasteiger partial charge in [-0.3, -0.25) is 4.79 Å². The van der Waals surface area contributed by atoms with Crippen LogP contribution in [0.3, 0.4) is 0 Å². The first-order valence-corrected chi connectivity index (χ1v) is 8.37. The van der Waals surface area contributed by atoms with E-state index in [1.165, 1.54) is 11.0 Å². The third-order valence-electron chi connectivity index (χ3n) is 3.48. The van der Waals surface area contributed by atoms with Gasteiger partial charge in [-0.25, -0.2) is 4.39 Å². The van der Waals surface area contributed by atoms with Crippen molar-refractivity contribution >= 4 is 29.3 Å². The predicted octanol–water partition coefficient (Wildman–Crippen LogP) is 4.78. The quantitative estimate of drug-likeness (QED) is 0.748. The summed E-state index contributed by atoms with van der Waals surface area (Å²) in [7, 11) is 1.65. The van der Waals surface area contributed by atoms with Crippen LogP contribution in [-0.2, 0) is 6.54 Å². The minimum atomic E-state index is -0.401. The van der Waals surface area contributed by atoms with Gasteiger partial charge < -0.3 is 4.90 Å². The van der Waals surface area contributed by atoms with E-state index < -0.39 is 5.82 Å². The van der Waals surface area contributed by atoms with Crippen LogP contribution in [0.5, 0.6) is 0 Å². The van der Waals surface area contributed by atoms with Crippen molar-refractivity contribution < 1.29 is 9.18 Å². The number of aryl methyl sites for hydroxylation is 1. The zero-order valence-electron chi connectivity index (χ0n) is 12.7. The molecule has 0 heterocycles. The average molecular weight is 338 g/mol. The molecule has 1 amide bonds. The lowest BCUT2D eigenvalue weighted by Crippen LogP contribution is -2.27. The zero-order chi connectivity index (χ0) is 16.3. The van der Waals surface area contributed by atoms with Crippen molar-refractivity contribution in [1.29, 1.82) is 0 Å². The maximum absolute atomic E-state index is 13.8. The number of benzene rings is 2. The highest BCUT2D eigenvalue weighted by Crippen LogP contribution is 2.23. The molecule has 0 N–H and O–H groups in total. The minimum Gasteiger partial charge on any atom is -0.337 e. The monoisotopic (exact) mass is 337 g/mol. The molecule has 0 bridgehead atoms. The van der Waals surface area contributed by atoms with Gasteiger partial charge in [0.2, 0.25) is 0 Å². The van der Waals surface area contributed by atoms with Gasteiger partial charge in [0.15, 0.2) is 0 Å². The van der Waals surface area contributed by atoms with Crippen LogP contribution >= 0.6 is 23.4 Å². The Kier molecular flexibility index (Phi) is 5.48. The maximum Gasteiger partial charge on any atom is 0.254 e. The Hall–Kier alpha value is -1.52. The van der Waals surface area contributed by atoms with Crippen molar-refractivity contribution in [2.75, 3.05) is 13.3 Å². The SMILES string of the molecule is CSc1ccc(C)c(C(=O)N(C)Cc2c(F)cccc2Cl)c1. The summed E-state index contributed by atoms with van der Waals surface area (Å²) in [6.45, 7) is 2.02. The molecule has 2 nitrogen and oxygen atoms in total. The largest absolute Gasteiger partial charge is 0.337 e. The van der Waals surface area contributed by atoms with E-state index in [4.69, 9.17) is 11.6 Å². The van der Waals surface area contributed by atoms with Crippen LogP contribution in [0.15, 0.2) is 41.3 Å². The topological polar surface area (TPSA) is 20.3 Å². The Balaban J connectivity index is 2.26. The Morgan fingerprint density at radius 2 is 2.05 bits per heavy atom. The van der Waals surface area contributed by atoms with Crippen molar-refractivity contribution in [2.24, 2.45) is 0 Å². The van der Waals surface area contributed by atoms with Crippen molar-refractivity contribution in [1.82, 2.24) is 4.90 Å². The second kappa shape index (κ2) is 7.16. The molecule has 0 saturated carbocycles. The molecular weight excluding hydrogens is 321 g/mol. The van der Waals surface area contributed by atoms with Crippen LogP contribution in [-0.4, -0.2) is 24.1 Å². The fourth-order valence-electron chi connectivity index (χ4n) is 2.16. The molecule has 2 aromatic rings. The Morgan fingerprint density at radius 1 is 1.32 bits per heavy atom. The normalized spacial score (nSPS) is 10.6. The Labute approximate surface area is 139 Å². The van der Waals surface area contributed by atoms with Crippen LogP contribution in [0, 0.1) is 12.7 Å². The number of rotatable bonds is 4. The Bertz CT molecular complexity index is 685. The van der Waals surface area contributed by atoms with Crippen molar-refractivity contribution in [3.8, 4) is 0 Å². The van der Waals surface area contributed by atoms with Gasteiger partial charge in [0.25, 0.3) is 5.91 Å². The van der Waals surface area contributed by atoms with Gasteiger partial charge >= 0.3 is 0 Å². The molecule has 0 spiro atoms. The van der Waals surface area contributed by atoms with E-state index >= 15 is 0 Å². The maximum atomic E-state index is 13.8. The van der Waals surface area contributed by atoms with Crippen molar-refractivity contribution in [3.05, 3.63) is 63.9 Å². The lowest BCUT2D eigenvalue weighted by molar-refractivity contribution is 0.0783. The van der Waals surface area contributed by atoms with Crippen molar-refractivity contribution in [2.45, 2.75) is 18.4 Å². The fourth-order valence-corrected chi connectivity index (χ4v) is 2.82. The van der Waals surface area contributed by atoms with E-state index in [0.29, 0.717) is 16.1 Å². The zero-order valence-corrected chi connectivity index (χ0v) is 14.3. The van der Waals surface area contributed by atoms with Gasteiger partial charge in [-0.1, -0.05) is 23.7 Å². The molecule has 0 aliphatic heterocycles. The summed E-state index contributed by atoms with van der Waals surface area (Å²) in [6.07, 6.45) is 1.96. The van der Waals surface area contributed by atoms with E-state index in [9.17, 15) is 9.18 Å². The van der Waals surface area contributed by atoms with Gasteiger partial charge in [-0.05, 0) is 43.0 Å². The standard InChI is InChI=1S/C17H17ClFNOS/c1-11-7-8-12(22-3)9-13(11)17(21)20(2)10-14-15(18)5-4-6-16(14)19/h4-9H,10H2,1-3H3. The molecule has 0 unspecified atom stereocenters. The van der Waals surface area contributed by atoms with E-state index in [2.05, 4.69) is 0 Å². The summed E-state index contributed by atoms with van der Waals surface area (Å²) in [4.78, 5) is 15.1. The van der Waals surface area contributed by atoms with Crippen LogP contribution in [0.25, 0.3) is 0 Å². The van der Waals surface area contributed by atoms with Crippen LogP contribution in [0.1, 0.15) is 21.5 Å². The number of carbonyl (C=O) groups excluding carboxylic acids is 1. The molecule has 0 fully saturated rings. The van der Waals surface area contributed by atoms with E-state index in [1.54, 1.807) is 30.9 Å². The smallest absolute Gasteiger partial charge is 0.254 e. The molecule has 22 heavy (non-hydrogen) atoms. The van der Waals surface area contributed by atoms with Crippen molar-refractivity contribution in [3.63, 3.8) is 0 Å².